The first kappa shape index (κ1) is 36.5. The van der Waals surface area contributed by atoms with Gasteiger partial charge >= 0.3 is 0 Å². The molecule has 274 valence electrons. The van der Waals surface area contributed by atoms with E-state index in [1.807, 2.05) is 97.8 Å². The SMILES string of the molecule is C[C@H]1[C@H]([Si](C)(C)O)[C@@H](CCn2cc(C(CO)c3ccccc3)nn2)O[C@]12C(=O)N(Cc1cccc(N3CCCCCCC3=O)c1)c1ccc(Cl)cc12. The number of hydrogen-bond donors (Lipinski definition) is 2. The summed E-state index contributed by atoms with van der Waals surface area (Å²) in [5, 5.41) is 19.4. The second-order valence-corrected chi connectivity index (χ2v) is 19.5. The standard InChI is InChI=1S/C40H48ClN5O5Si/c1-27-38(52(2,3)50)36(19-21-44-25-34(42-43-44)32(26-47)29-13-7-6-8-14-29)51-40(27)33-23-30(41)17-18-35(33)46(39(40)49)24-28-12-11-15-31(22-28)45-20-10-5-4-9-16-37(45)48/h6-8,11-15,17-18,22-23,25,27,32,36,38,47,50H,4-5,9-10,16,19-21,24,26H2,1-3H3/t27-,32?,36+,38-,40+/m0/s1. The van der Waals surface area contributed by atoms with Gasteiger partial charge < -0.3 is 24.4 Å². The summed E-state index contributed by atoms with van der Waals surface area (Å²) in [6.07, 6.45) is 6.53. The van der Waals surface area contributed by atoms with Gasteiger partial charge in [0.05, 0.1) is 36.6 Å². The van der Waals surface area contributed by atoms with Crippen molar-refractivity contribution in [3.63, 3.8) is 0 Å². The van der Waals surface area contributed by atoms with Crippen LogP contribution in [0.5, 0.6) is 0 Å². The molecule has 0 saturated carbocycles. The van der Waals surface area contributed by atoms with E-state index in [0.29, 0.717) is 43.2 Å². The number of ether oxygens (including phenoxy) is 1. The molecule has 4 heterocycles. The van der Waals surface area contributed by atoms with Crippen LogP contribution in [-0.2, 0) is 33.0 Å². The Morgan fingerprint density at radius 2 is 1.81 bits per heavy atom. The molecule has 0 radical (unpaired) electrons. The molecular formula is C40H48ClN5O5Si. The van der Waals surface area contributed by atoms with Crippen LogP contribution in [0.4, 0.5) is 11.4 Å². The Balaban J connectivity index is 1.16. The molecule has 1 spiro atoms. The molecule has 52 heavy (non-hydrogen) atoms. The average molecular weight is 742 g/mol. The molecule has 2 N–H and O–H groups in total. The zero-order valence-corrected chi connectivity index (χ0v) is 31.9. The minimum absolute atomic E-state index is 0.0951. The van der Waals surface area contributed by atoms with Crippen molar-refractivity contribution in [2.45, 2.75) is 94.8 Å². The zero-order chi connectivity index (χ0) is 36.6. The fraction of sp³-hybridized carbons (Fsp3) is 0.450. The van der Waals surface area contributed by atoms with Gasteiger partial charge in [0, 0.05) is 53.4 Å². The van der Waals surface area contributed by atoms with Gasteiger partial charge in [-0.2, -0.15) is 0 Å². The van der Waals surface area contributed by atoms with E-state index in [1.54, 1.807) is 15.6 Å². The molecule has 4 aromatic rings. The Labute approximate surface area is 311 Å². The smallest absolute Gasteiger partial charge is 0.264 e. The molecule has 3 aliphatic heterocycles. The zero-order valence-electron chi connectivity index (χ0n) is 30.1. The third-order valence-corrected chi connectivity index (χ3v) is 14.0. The quantitative estimate of drug-likeness (QED) is 0.172. The highest BCUT2D eigenvalue weighted by Crippen LogP contribution is 2.60. The number of amides is 2. The largest absolute Gasteiger partial charge is 0.432 e. The van der Waals surface area contributed by atoms with Gasteiger partial charge in [-0.05, 0) is 73.8 Å². The summed E-state index contributed by atoms with van der Waals surface area (Å²) in [6, 6.07) is 23.2. The highest BCUT2D eigenvalue weighted by molar-refractivity contribution is 6.71. The summed E-state index contributed by atoms with van der Waals surface area (Å²) in [4.78, 5) is 43.4. The summed E-state index contributed by atoms with van der Waals surface area (Å²) in [7, 11) is -2.89. The van der Waals surface area contributed by atoms with Gasteiger partial charge in [-0.25, -0.2) is 0 Å². The average Bonchev–Trinajstić information content (AvgIpc) is 3.77. The fourth-order valence-corrected chi connectivity index (χ4v) is 11.6. The highest BCUT2D eigenvalue weighted by atomic mass is 35.5. The Kier molecular flexibility index (Phi) is 10.4. The van der Waals surface area contributed by atoms with Gasteiger partial charge in [0.15, 0.2) is 13.9 Å². The van der Waals surface area contributed by atoms with Crippen LogP contribution < -0.4 is 9.80 Å². The number of carbonyl (C=O) groups excluding carboxylic acids is 2. The predicted octanol–water partition coefficient (Wildman–Crippen LogP) is 6.79. The number of nitrogens with zero attached hydrogens (tertiary/aromatic N) is 5. The second-order valence-electron chi connectivity index (χ2n) is 15.1. The van der Waals surface area contributed by atoms with E-state index in [9.17, 15) is 19.5 Å². The number of fused-ring (bicyclic) bond motifs is 2. The van der Waals surface area contributed by atoms with Crippen molar-refractivity contribution in [1.82, 2.24) is 15.0 Å². The molecule has 3 aromatic carbocycles. The van der Waals surface area contributed by atoms with Crippen LogP contribution in [-0.4, -0.2) is 64.3 Å². The normalized spacial score (nSPS) is 24.3. The number of carbonyl (C=O) groups is 2. The van der Waals surface area contributed by atoms with Crippen LogP contribution in [0.2, 0.25) is 23.7 Å². The summed E-state index contributed by atoms with van der Waals surface area (Å²) in [5.41, 5.74) is 3.25. The maximum absolute atomic E-state index is 14.9. The number of anilines is 2. The van der Waals surface area contributed by atoms with Crippen molar-refractivity contribution in [2.75, 3.05) is 23.0 Å². The topological polar surface area (TPSA) is 121 Å². The number of halogens is 1. The van der Waals surface area contributed by atoms with E-state index in [0.717, 1.165) is 53.7 Å². The molecule has 7 rings (SSSR count). The number of aliphatic hydroxyl groups excluding tert-OH is 1. The molecule has 5 atom stereocenters. The fourth-order valence-electron chi connectivity index (χ4n) is 8.81. The molecular weight excluding hydrogens is 694 g/mol. The first-order chi connectivity index (χ1) is 25.0. The molecule has 10 nitrogen and oxygen atoms in total. The molecule has 2 fully saturated rings. The Bertz CT molecular complexity index is 1920. The van der Waals surface area contributed by atoms with Gasteiger partial charge in [-0.1, -0.05) is 79.0 Å². The van der Waals surface area contributed by atoms with Crippen molar-refractivity contribution < 1.29 is 24.2 Å². The lowest BCUT2D eigenvalue weighted by Crippen LogP contribution is -2.46. The number of aromatic nitrogens is 3. The molecule has 1 unspecified atom stereocenters. The number of aryl methyl sites for hydroxylation is 1. The van der Waals surface area contributed by atoms with Gasteiger partial charge in [0.25, 0.3) is 5.91 Å². The lowest BCUT2D eigenvalue weighted by atomic mass is 9.82. The molecule has 1 aromatic heterocycles. The van der Waals surface area contributed by atoms with E-state index in [1.165, 1.54) is 0 Å². The third kappa shape index (κ3) is 6.85. The van der Waals surface area contributed by atoms with Crippen molar-refractivity contribution in [3.05, 3.63) is 106 Å². The number of hydrogen-bond acceptors (Lipinski definition) is 7. The monoisotopic (exact) mass is 741 g/mol. The van der Waals surface area contributed by atoms with E-state index in [4.69, 9.17) is 16.3 Å². The highest BCUT2D eigenvalue weighted by Gasteiger charge is 2.66. The van der Waals surface area contributed by atoms with Gasteiger partial charge in [-0.15, -0.1) is 5.10 Å². The molecule has 3 aliphatic rings. The van der Waals surface area contributed by atoms with Crippen LogP contribution in [0.15, 0.2) is 79.0 Å². The van der Waals surface area contributed by atoms with Crippen LogP contribution in [0.3, 0.4) is 0 Å². The second kappa shape index (κ2) is 14.9. The Morgan fingerprint density at radius 3 is 2.58 bits per heavy atom. The van der Waals surface area contributed by atoms with E-state index in [2.05, 4.69) is 10.3 Å². The van der Waals surface area contributed by atoms with Crippen molar-refractivity contribution >= 4 is 43.1 Å². The van der Waals surface area contributed by atoms with E-state index < -0.39 is 20.0 Å². The first-order valence-corrected chi connectivity index (χ1v) is 21.9. The Morgan fingerprint density at radius 1 is 1.02 bits per heavy atom. The maximum atomic E-state index is 14.9. The van der Waals surface area contributed by atoms with Crippen molar-refractivity contribution in [3.8, 4) is 0 Å². The van der Waals surface area contributed by atoms with Crippen molar-refractivity contribution in [2.24, 2.45) is 5.92 Å². The Hall–Kier alpha value is -3.87. The predicted molar refractivity (Wildman–Crippen MR) is 204 cm³/mol. The van der Waals surface area contributed by atoms with E-state index in [-0.39, 0.29) is 35.8 Å². The summed E-state index contributed by atoms with van der Waals surface area (Å²) < 4.78 is 8.77. The molecule has 0 bridgehead atoms. The summed E-state index contributed by atoms with van der Waals surface area (Å²) in [6.45, 7) is 7.20. The minimum atomic E-state index is -2.89. The minimum Gasteiger partial charge on any atom is -0.432 e. The number of aliphatic hydroxyl groups is 1. The van der Waals surface area contributed by atoms with Crippen LogP contribution in [0.1, 0.15) is 73.8 Å². The van der Waals surface area contributed by atoms with Crippen LogP contribution in [0, 0.1) is 5.92 Å². The maximum Gasteiger partial charge on any atom is 0.264 e. The van der Waals surface area contributed by atoms with Crippen LogP contribution in [0.25, 0.3) is 0 Å². The van der Waals surface area contributed by atoms with Gasteiger partial charge in [-0.3, -0.25) is 14.3 Å². The van der Waals surface area contributed by atoms with Crippen molar-refractivity contribution in [1.29, 1.82) is 0 Å². The summed E-state index contributed by atoms with van der Waals surface area (Å²) in [5.74, 6) is -0.670. The number of rotatable bonds is 10. The molecule has 2 saturated heterocycles. The lowest BCUT2D eigenvalue weighted by Gasteiger charge is -2.32. The first-order valence-electron chi connectivity index (χ1n) is 18.5. The molecule has 12 heteroatoms. The van der Waals surface area contributed by atoms with E-state index >= 15 is 0 Å². The van der Waals surface area contributed by atoms with Crippen LogP contribution >= 0.6 is 11.6 Å². The number of benzene rings is 3. The molecule has 2 amide bonds. The van der Waals surface area contributed by atoms with Gasteiger partial charge in [0.2, 0.25) is 5.91 Å². The third-order valence-electron chi connectivity index (χ3n) is 11.3. The van der Waals surface area contributed by atoms with Gasteiger partial charge in [0.1, 0.15) is 0 Å². The molecule has 0 aliphatic carbocycles. The lowest BCUT2D eigenvalue weighted by molar-refractivity contribution is -0.146. The summed E-state index contributed by atoms with van der Waals surface area (Å²) >= 11 is 6.62.